The van der Waals surface area contributed by atoms with E-state index in [2.05, 4.69) is 15.4 Å². The topological polar surface area (TPSA) is 89.1 Å². The molecule has 24 heavy (non-hydrogen) atoms. The molecule has 7 heteroatoms. The standard InChI is InChI=1S/C17H16N6O/c18-16-20-15(12-4-2-1-3-5-12)21-23(16)14-8-6-13(7-9-14)22-11-10-19-17(22)24/h1-9H,10-11H2,(H,19,24)(H2,18,20,21). The van der Waals surface area contributed by atoms with E-state index in [-0.39, 0.29) is 6.03 Å². The van der Waals surface area contributed by atoms with E-state index in [1.54, 1.807) is 9.58 Å². The summed E-state index contributed by atoms with van der Waals surface area (Å²) < 4.78 is 1.59. The van der Waals surface area contributed by atoms with Crippen LogP contribution in [0.2, 0.25) is 0 Å². The molecule has 7 nitrogen and oxygen atoms in total. The van der Waals surface area contributed by atoms with Crippen LogP contribution in [0.3, 0.4) is 0 Å². The molecule has 1 aliphatic rings. The van der Waals surface area contributed by atoms with Crippen LogP contribution in [0.15, 0.2) is 54.6 Å². The third kappa shape index (κ3) is 2.45. The predicted molar refractivity (Wildman–Crippen MR) is 92.0 cm³/mol. The van der Waals surface area contributed by atoms with Gasteiger partial charge in [-0.3, -0.25) is 4.90 Å². The minimum absolute atomic E-state index is 0.0746. The summed E-state index contributed by atoms with van der Waals surface area (Å²) in [7, 11) is 0. The molecule has 2 aromatic carbocycles. The molecule has 0 atom stereocenters. The predicted octanol–water partition coefficient (Wildman–Crippen LogP) is 2.05. The van der Waals surface area contributed by atoms with Crippen molar-refractivity contribution in [3.05, 3.63) is 54.6 Å². The minimum Gasteiger partial charge on any atom is -0.368 e. The van der Waals surface area contributed by atoms with Crippen LogP contribution in [0.25, 0.3) is 17.1 Å². The Bertz CT molecular complexity index is 872. The molecule has 0 aliphatic carbocycles. The number of nitrogens with two attached hydrogens (primary N) is 1. The molecule has 4 rings (SSSR count). The van der Waals surface area contributed by atoms with E-state index in [0.717, 1.165) is 16.9 Å². The normalized spacial score (nSPS) is 14.0. The quantitative estimate of drug-likeness (QED) is 0.773. The van der Waals surface area contributed by atoms with Gasteiger partial charge >= 0.3 is 6.03 Å². The molecule has 2 heterocycles. The second-order valence-corrected chi connectivity index (χ2v) is 5.47. The third-order valence-corrected chi connectivity index (χ3v) is 3.93. The van der Waals surface area contributed by atoms with Crippen LogP contribution < -0.4 is 16.0 Å². The van der Waals surface area contributed by atoms with E-state index in [9.17, 15) is 4.79 Å². The van der Waals surface area contributed by atoms with Gasteiger partial charge in [-0.1, -0.05) is 30.3 Å². The number of nitrogens with zero attached hydrogens (tertiary/aromatic N) is 4. The highest BCUT2D eigenvalue weighted by molar-refractivity contribution is 5.94. The Labute approximate surface area is 138 Å². The lowest BCUT2D eigenvalue weighted by atomic mass is 10.2. The molecule has 0 radical (unpaired) electrons. The molecule has 0 saturated carbocycles. The first-order valence-electron chi connectivity index (χ1n) is 7.66. The number of nitrogen functional groups attached to an aromatic ring is 1. The molecule has 1 fully saturated rings. The number of hydrogen-bond acceptors (Lipinski definition) is 4. The number of carbonyl (C=O) groups excluding carboxylic acids is 1. The fourth-order valence-electron chi connectivity index (χ4n) is 2.72. The summed E-state index contributed by atoms with van der Waals surface area (Å²) in [5, 5.41) is 7.26. The van der Waals surface area contributed by atoms with Crippen molar-refractivity contribution >= 4 is 17.7 Å². The Kier molecular flexibility index (Phi) is 3.38. The molecule has 1 aromatic heterocycles. The maximum absolute atomic E-state index is 11.7. The highest BCUT2D eigenvalue weighted by Crippen LogP contribution is 2.22. The highest BCUT2D eigenvalue weighted by atomic mass is 16.2. The van der Waals surface area contributed by atoms with Crippen molar-refractivity contribution in [2.45, 2.75) is 0 Å². The second kappa shape index (κ2) is 5.69. The third-order valence-electron chi connectivity index (χ3n) is 3.93. The molecule has 2 amide bonds. The smallest absolute Gasteiger partial charge is 0.321 e. The Morgan fingerprint density at radius 1 is 1.00 bits per heavy atom. The van der Waals surface area contributed by atoms with Gasteiger partial charge in [-0.2, -0.15) is 9.67 Å². The molecule has 0 bridgehead atoms. The summed E-state index contributed by atoms with van der Waals surface area (Å²) in [4.78, 5) is 17.7. The average molecular weight is 320 g/mol. The molecule has 3 aromatic rings. The number of aromatic nitrogens is 3. The van der Waals surface area contributed by atoms with Crippen LogP contribution >= 0.6 is 0 Å². The van der Waals surface area contributed by atoms with Gasteiger partial charge < -0.3 is 11.1 Å². The van der Waals surface area contributed by atoms with Gasteiger partial charge in [-0.25, -0.2) is 4.79 Å². The van der Waals surface area contributed by atoms with Crippen molar-refractivity contribution in [3.63, 3.8) is 0 Å². The maximum Gasteiger partial charge on any atom is 0.321 e. The van der Waals surface area contributed by atoms with E-state index in [1.165, 1.54) is 0 Å². The number of urea groups is 1. The van der Waals surface area contributed by atoms with Gasteiger partial charge in [0.05, 0.1) is 5.69 Å². The number of rotatable bonds is 3. The first kappa shape index (κ1) is 14.3. The van der Waals surface area contributed by atoms with Gasteiger partial charge in [-0.05, 0) is 24.3 Å². The van der Waals surface area contributed by atoms with E-state index >= 15 is 0 Å². The van der Waals surface area contributed by atoms with Crippen molar-refractivity contribution < 1.29 is 4.79 Å². The summed E-state index contributed by atoms with van der Waals surface area (Å²) >= 11 is 0. The molecule has 3 N–H and O–H groups in total. The summed E-state index contributed by atoms with van der Waals surface area (Å²) in [6, 6.07) is 17.1. The fourth-order valence-corrected chi connectivity index (χ4v) is 2.72. The summed E-state index contributed by atoms with van der Waals surface area (Å²) in [5.41, 5.74) is 8.56. The molecular formula is C17H16N6O. The Hall–Kier alpha value is -3.35. The Morgan fingerprint density at radius 3 is 2.38 bits per heavy atom. The Balaban J connectivity index is 1.64. The molecule has 1 saturated heterocycles. The van der Waals surface area contributed by atoms with Crippen LogP contribution in [-0.4, -0.2) is 33.9 Å². The monoisotopic (exact) mass is 320 g/mol. The SMILES string of the molecule is Nc1nc(-c2ccccc2)nn1-c1ccc(N2CCNC2=O)cc1. The number of carbonyl (C=O) groups is 1. The van der Waals surface area contributed by atoms with Gasteiger partial charge in [0, 0.05) is 24.3 Å². The molecule has 1 aliphatic heterocycles. The van der Waals surface area contributed by atoms with Crippen LogP contribution in [0, 0.1) is 0 Å². The minimum atomic E-state index is -0.0746. The zero-order valence-corrected chi connectivity index (χ0v) is 12.9. The lowest BCUT2D eigenvalue weighted by Gasteiger charge is -2.14. The lowest BCUT2D eigenvalue weighted by molar-refractivity contribution is 0.252. The van der Waals surface area contributed by atoms with E-state index < -0.39 is 0 Å². The molecule has 0 spiro atoms. The van der Waals surface area contributed by atoms with Crippen molar-refractivity contribution in [2.24, 2.45) is 0 Å². The summed E-state index contributed by atoms with van der Waals surface area (Å²) in [6.45, 7) is 1.33. The van der Waals surface area contributed by atoms with Crippen molar-refractivity contribution in [1.82, 2.24) is 20.1 Å². The molecule has 120 valence electrons. The van der Waals surface area contributed by atoms with Crippen molar-refractivity contribution in [2.75, 3.05) is 23.7 Å². The van der Waals surface area contributed by atoms with Crippen LogP contribution in [-0.2, 0) is 0 Å². The second-order valence-electron chi connectivity index (χ2n) is 5.47. The van der Waals surface area contributed by atoms with Gasteiger partial charge in [0.2, 0.25) is 5.95 Å². The summed E-state index contributed by atoms with van der Waals surface area (Å²) in [6.07, 6.45) is 0. The zero-order chi connectivity index (χ0) is 16.5. The largest absolute Gasteiger partial charge is 0.368 e. The van der Waals surface area contributed by atoms with Gasteiger partial charge in [0.15, 0.2) is 5.82 Å². The van der Waals surface area contributed by atoms with Crippen molar-refractivity contribution in [3.8, 4) is 17.1 Å². The van der Waals surface area contributed by atoms with Crippen LogP contribution in [0.1, 0.15) is 0 Å². The first-order chi connectivity index (χ1) is 11.7. The number of nitrogens with one attached hydrogen (secondary N) is 1. The highest BCUT2D eigenvalue weighted by Gasteiger charge is 2.21. The van der Waals surface area contributed by atoms with Crippen molar-refractivity contribution in [1.29, 1.82) is 0 Å². The van der Waals surface area contributed by atoms with Crippen LogP contribution in [0.4, 0.5) is 16.4 Å². The van der Waals surface area contributed by atoms with Gasteiger partial charge in [0.1, 0.15) is 0 Å². The molecule has 0 unspecified atom stereocenters. The molecular weight excluding hydrogens is 304 g/mol. The van der Waals surface area contributed by atoms with E-state index in [0.29, 0.717) is 24.9 Å². The first-order valence-corrected chi connectivity index (χ1v) is 7.66. The van der Waals surface area contributed by atoms with Gasteiger partial charge in [-0.15, -0.1) is 5.10 Å². The number of benzene rings is 2. The number of hydrogen-bond donors (Lipinski definition) is 2. The van der Waals surface area contributed by atoms with E-state index in [1.807, 2.05) is 54.6 Å². The van der Waals surface area contributed by atoms with Gasteiger partial charge in [0.25, 0.3) is 0 Å². The number of anilines is 2. The average Bonchev–Trinajstić information content (AvgIpc) is 3.22. The fraction of sp³-hybridized carbons (Fsp3) is 0.118. The maximum atomic E-state index is 11.7. The zero-order valence-electron chi connectivity index (χ0n) is 12.9. The van der Waals surface area contributed by atoms with Crippen LogP contribution in [0.5, 0.6) is 0 Å². The van der Waals surface area contributed by atoms with E-state index in [4.69, 9.17) is 5.73 Å². The summed E-state index contributed by atoms with van der Waals surface area (Å²) in [5.74, 6) is 0.900. The Morgan fingerprint density at radius 2 is 1.71 bits per heavy atom. The number of amides is 2. The lowest BCUT2D eigenvalue weighted by Crippen LogP contribution is -2.27.